The summed E-state index contributed by atoms with van der Waals surface area (Å²) in [5.74, 6) is 1.27. The smallest absolute Gasteiger partial charge is 0.387 e. The van der Waals surface area contributed by atoms with Gasteiger partial charge in [-0.05, 0) is 30.3 Å². The van der Waals surface area contributed by atoms with Gasteiger partial charge in [0.25, 0.3) is 0 Å². The summed E-state index contributed by atoms with van der Waals surface area (Å²) in [6, 6.07) is 9.86. The van der Waals surface area contributed by atoms with Crippen molar-refractivity contribution in [2.75, 3.05) is 19.5 Å². The number of alkyl halides is 2. The Labute approximate surface area is 158 Å². The molecule has 3 N–H and O–H groups in total. The molecule has 0 fully saturated rings. The highest BCUT2D eigenvalue weighted by atomic mass is 79.9. The number of guanidine groups is 1. The molecule has 9 heteroatoms. The fourth-order valence-electron chi connectivity index (χ4n) is 2.15. The van der Waals surface area contributed by atoms with Gasteiger partial charge in [0.1, 0.15) is 5.75 Å². The summed E-state index contributed by atoms with van der Waals surface area (Å²) in [5.41, 5.74) is 6.98. The third-order valence-corrected chi connectivity index (χ3v) is 3.81. The molecule has 0 heterocycles. The van der Waals surface area contributed by atoms with Gasteiger partial charge in [0.05, 0.1) is 20.8 Å². The molecular weight excluding hydrogens is 412 g/mol. The number of hydrogen-bond acceptors (Lipinski definition) is 4. The van der Waals surface area contributed by atoms with E-state index in [4.69, 9.17) is 15.2 Å². The highest BCUT2D eigenvalue weighted by molar-refractivity contribution is 9.10. The summed E-state index contributed by atoms with van der Waals surface area (Å²) in [6.45, 7) is -2.85. The van der Waals surface area contributed by atoms with Crippen LogP contribution in [-0.4, -0.2) is 26.8 Å². The molecule has 0 spiro atoms. The first-order chi connectivity index (χ1) is 12.4. The summed E-state index contributed by atoms with van der Waals surface area (Å²) in [7, 11) is 3.06. The predicted molar refractivity (Wildman–Crippen MR) is 99.3 cm³/mol. The topological polar surface area (TPSA) is 78.1 Å². The van der Waals surface area contributed by atoms with E-state index in [1.165, 1.54) is 20.3 Å². The molecule has 2 aromatic rings. The summed E-state index contributed by atoms with van der Waals surface area (Å²) in [6.07, 6.45) is 0. The van der Waals surface area contributed by atoms with E-state index in [2.05, 4.69) is 31.0 Å². The van der Waals surface area contributed by atoms with Gasteiger partial charge in [0, 0.05) is 21.8 Å². The summed E-state index contributed by atoms with van der Waals surface area (Å²) < 4.78 is 40.6. The molecule has 0 radical (unpaired) electrons. The molecule has 2 aromatic carbocycles. The molecule has 0 atom stereocenters. The zero-order valence-electron chi connectivity index (χ0n) is 14.1. The Morgan fingerprint density at radius 1 is 1.12 bits per heavy atom. The van der Waals surface area contributed by atoms with Crippen molar-refractivity contribution in [1.82, 2.24) is 0 Å². The molecular formula is C17H18BrF2N3O3. The second-order valence-electron chi connectivity index (χ2n) is 5.03. The van der Waals surface area contributed by atoms with Gasteiger partial charge in [-0.1, -0.05) is 15.9 Å². The van der Waals surface area contributed by atoms with E-state index in [1.807, 2.05) is 0 Å². The fourth-order valence-corrected chi connectivity index (χ4v) is 2.56. The number of rotatable bonds is 7. The Bertz CT molecular complexity index is 788. The van der Waals surface area contributed by atoms with Gasteiger partial charge in [0.15, 0.2) is 17.5 Å². The second-order valence-corrected chi connectivity index (χ2v) is 5.94. The van der Waals surface area contributed by atoms with E-state index < -0.39 is 6.61 Å². The minimum absolute atomic E-state index is 0.0471. The van der Waals surface area contributed by atoms with Crippen LogP contribution in [0.2, 0.25) is 0 Å². The number of aliphatic imine (C=N–C) groups is 1. The van der Waals surface area contributed by atoms with Gasteiger partial charge >= 0.3 is 6.61 Å². The maximum absolute atomic E-state index is 12.5. The minimum Gasteiger partial charge on any atom is -0.493 e. The normalized spacial score (nSPS) is 11.4. The van der Waals surface area contributed by atoms with Crippen molar-refractivity contribution in [3.05, 3.63) is 46.4 Å². The molecule has 0 aliphatic heterocycles. The molecule has 0 bridgehead atoms. The largest absolute Gasteiger partial charge is 0.493 e. The number of hydrogen-bond donors (Lipinski definition) is 2. The van der Waals surface area contributed by atoms with E-state index in [-0.39, 0.29) is 18.3 Å². The van der Waals surface area contributed by atoms with E-state index in [0.29, 0.717) is 22.7 Å². The fraction of sp³-hybridized carbons (Fsp3) is 0.235. The summed E-state index contributed by atoms with van der Waals surface area (Å²) in [5, 5.41) is 2.90. The molecule has 0 aromatic heterocycles. The first kappa shape index (κ1) is 19.8. The van der Waals surface area contributed by atoms with Crippen LogP contribution < -0.4 is 25.3 Å². The van der Waals surface area contributed by atoms with Crippen LogP contribution in [-0.2, 0) is 6.54 Å². The lowest BCUT2D eigenvalue weighted by Crippen LogP contribution is -2.22. The standard InChI is InChI=1S/C17H18BrF2N3O3/c1-24-14-6-4-12(8-15(14)25-2)23-17(21)22-9-10-7-11(18)3-5-13(10)26-16(19)20/h3-8,16H,9H2,1-2H3,(H3,21,22,23). The Morgan fingerprint density at radius 2 is 1.81 bits per heavy atom. The average molecular weight is 430 g/mol. The second kappa shape index (κ2) is 9.23. The Hall–Kier alpha value is -2.55. The summed E-state index contributed by atoms with van der Waals surface area (Å²) in [4.78, 5) is 4.16. The van der Waals surface area contributed by atoms with Crippen LogP contribution in [0.1, 0.15) is 5.56 Å². The zero-order chi connectivity index (χ0) is 19.1. The first-order valence-electron chi connectivity index (χ1n) is 7.45. The van der Waals surface area contributed by atoms with Crippen LogP contribution in [0.15, 0.2) is 45.9 Å². The predicted octanol–water partition coefficient (Wildman–Crippen LogP) is 3.99. The van der Waals surface area contributed by atoms with Crippen LogP contribution >= 0.6 is 15.9 Å². The Morgan fingerprint density at radius 3 is 2.46 bits per heavy atom. The van der Waals surface area contributed by atoms with E-state index in [0.717, 1.165) is 4.47 Å². The highest BCUT2D eigenvalue weighted by Gasteiger charge is 2.10. The number of benzene rings is 2. The number of nitrogens with zero attached hydrogens (tertiary/aromatic N) is 1. The lowest BCUT2D eigenvalue weighted by molar-refractivity contribution is -0.0504. The van der Waals surface area contributed by atoms with Crippen LogP contribution in [0.5, 0.6) is 17.2 Å². The third kappa shape index (κ3) is 5.48. The van der Waals surface area contributed by atoms with Crippen molar-refractivity contribution >= 4 is 27.6 Å². The number of nitrogens with two attached hydrogens (primary N) is 1. The van der Waals surface area contributed by atoms with E-state index in [1.54, 1.807) is 30.3 Å². The molecule has 0 aliphatic rings. The van der Waals surface area contributed by atoms with E-state index in [9.17, 15) is 8.78 Å². The lowest BCUT2D eigenvalue weighted by Gasteiger charge is -2.12. The average Bonchev–Trinajstić information content (AvgIpc) is 2.61. The SMILES string of the molecule is COc1ccc(NC(N)=NCc2cc(Br)ccc2OC(F)F)cc1OC. The molecule has 0 aliphatic carbocycles. The van der Waals surface area contributed by atoms with Gasteiger partial charge in [-0.3, -0.25) is 0 Å². The number of nitrogens with one attached hydrogen (secondary N) is 1. The Kier molecular flexibility index (Phi) is 7.02. The number of methoxy groups -OCH3 is 2. The van der Waals surface area contributed by atoms with Crippen molar-refractivity contribution in [2.45, 2.75) is 13.2 Å². The van der Waals surface area contributed by atoms with Crippen molar-refractivity contribution in [3.8, 4) is 17.2 Å². The lowest BCUT2D eigenvalue weighted by atomic mass is 10.2. The van der Waals surface area contributed by atoms with Gasteiger partial charge < -0.3 is 25.3 Å². The number of ether oxygens (including phenoxy) is 3. The van der Waals surface area contributed by atoms with Crippen molar-refractivity contribution in [3.63, 3.8) is 0 Å². The van der Waals surface area contributed by atoms with Crippen molar-refractivity contribution in [2.24, 2.45) is 10.7 Å². The third-order valence-electron chi connectivity index (χ3n) is 3.31. The maximum Gasteiger partial charge on any atom is 0.387 e. The van der Waals surface area contributed by atoms with Crippen LogP contribution in [0.3, 0.4) is 0 Å². The number of halogens is 3. The molecule has 0 amide bonds. The van der Waals surface area contributed by atoms with Gasteiger partial charge in [-0.15, -0.1) is 0 Å². The van der Waals surface area contributed by atoms with Crippen molar-refractivity contribution < 1.29 is 23.0 Å². The minimum atomic E-state index is -2.92. The van der Waals surface area contributed by atoms with Gasteiger partial charge in [0.2, 0.25) is 0 Å². The van der Waals surface area contributed by atoms with E-state index >= 15 is 0 Å². The first-order valence-corrected chi connectivity index (χ1v) is 8.24. The maximum atomic E-state index is 12.5. The molecule has 6 nitrogen and oxygen atoms in total. The van der Waals surface area contributed by atoms with Gasteiger partial charge in [-0.25, -0.2) is 4.99 Å². The molecule has 0 unspecified atom stereocenters. The molecule has 26 heavy (non-hydrogen) atoms. The van der Waals surface area contributed by atoms with Crippen LogP contribution in [0.4, 0.5) is 14.5 Å². The Balaban J connectivity index is 2.12. The zero-order valence-corrected chi connectivity index (χ0v) is 15.7. The summed E-state index contributed by atoms with van der Waals surface area (Å²) >= 11 is 3.29. The number of anilines is 1. The van der Waals surface area contributed by atoms with Gasteiger partial charge in [-0.2, -0.15) is 8.78 Å². The molecule has 140 valence electrons. The van der Waals surface area contributed by atoms with Crippen molar-refractivity contribution in [1.29, 1.82) is 0 Å². The molecule has 0 saturated heterocycles. The van der Waals surface area contributed by atoms with Crippen LogP contribution in [0.25, 0.3) is 0 Å². The van der Waals surface area contributed by atoms with Crippen LogP contribution in [0, 0.1) is 0 Å². The quantitative estimate of drug-likeness (QED) is 0.513. The monoisotopic (exact) mass is 429 g/mol. The highest BCUT2D eigenvalue weighted by Crippen LogP contribution is 2.30. The molecule has 2 rings (SSSR count). The molecule has 0 saturated carbocycles.